The van der Waals surface area contributed by atoms with Gasteiger partial charge in [0, 0.05) is 11.6 Å². The molecule has 1 aromatic carbocycles. The number of benzene rings is 1. The average Bonchev–Trinajstić information content (AvgIpc) is 2.14. The largest absolute Gasteiger partial charge is 0.573 e. The van der Waals surface area contributed by atoms with Crippen LogP contribution in [0.2, 0.25) is 0 Å². The highest BCUT2D eigenvalue weighted by molar-refractivity contribution is 5.85. The Morgan fingerprint density at radius 2 is 1.78 bits per heavy atom. The monoisotopic (exact) mass is 283 g/mol. The molecular weight excluding hydrogens is 267 g/mol. The number of ether oxygens (including phenoxy) is 1. The maximum atomic E-state index is 12.2. The minimum absolute atomic E-state index is 0. The maximum Gasteiger partial charge on any atom is 0.573 e. The number of hydrogen-bond acceptors (Lipinski definition) is 2. The van der Waals surface area contributed by atoms with E-state index >= 15 is 0 Å². The second-order valence-electron chi connectivity index (χ2n) is 4.32. The van der Waals surface area contributed by atoms with Gasteiger partial charge in [-0.25, -0.2) is 0 Å². The summed E-state index contributed by atoms with van der Waals surface area (Å²) in [6, 6.07) is 5.54. The molecule has 0 fully saturated rings. The lowest BCUT2D eigenvalue weighted by Gasteiger charge is -2.19. The highest BCUT2D eigenvalue weighted by Gasteiger charge is 2.32. The molecule has 0 aliphatic heterocycles. The van der Waals surface area contributed by atoms with Gasteiger partial charge in [-0.05, 0) is 18.4 Å². The quantitative estimate of drug-likeness (QED) is 0.904. The number of alkyl halides is 3. The Bertz CT molecular complexity index is 369. The van der Waals surface area contributed by atoms with E-state index < -0.39 is 12.4 Å². The van der Waals surface area contributed by atoms with Crippen molar-refractivity contribution in [3.8, 4) is 5.75 Å². The zero-order chi connectivity index (χ0) is 13.1. The lowest BCUT2D eigenvalue weighted by molar-refractivity contribution is -0.275. The molecular formula is C12H17ClF3NO. The molecule has 0 aromatic heterocycles. The fourth-order valence-corrected chi connectivity index (χ4v) is 1.64. The fraction of sp³-hybridized carbons (Fsp3) is 0.500. The summed E-state index contributed by atoms with van der Waals surface area (Å²) in [7, 11) is 0. The second kappa shape index (κ2) is 6.85. The van der Waals surface area contributed by atoms with Crippen LogP contribution in [0.15, 0.2) is 24.3 Å². The Hall–Kier alpha value is -0.940. The third kappa shape index (κ3) is 5.60. The summed E-state index contributed by atoms with van der Waals surface area (Å²) in [5.74, 6) is 0.0945. The Balaban J connectivity index is 0.00000289. The molecule has 2 N–H and O–H groups in total. The predicted octanol–water partition coefficient (Wildman–Crippen LogP) is 4.05. The third-order valence-corrected chi connectivity index (χ3v) is 2.27. The summed E-state index contributed by atoms with van der Waals surface area (Å²) in [5.41, 5.74) is 6.26. The van der Waals surface area contributed by atoms with Gasteiger partial charge < -0.3 is 10.5 Å². The molecule has 0 heterocycles. The van der Waals surface area contributed by atoms with Crippen molar-refractivity contribution < 1.29 is 17.9 Å². The van der Waals surface area contributed by atoms with Crippen molar-refractivity contribution in [2.45, 2.75) is 32.7 Å². The van der Waals surface area contributed by atoms with E-state index in [4.69, 9.17) is 5.73 Å². The van der Waals surface area contributed by atoms with Gasteiger partial charge in [0.2, 0.25) is 0 Å². The molecule has 1 aromatic rings. The summed E-state index contributed by atoms with van der Waals surface area (Å²) in [6.07, 6.45) is -4.08. The number of nitrogens with two attached hydrogens (primary N) is 1. The van der Waals surface area contributed by atoms with Crippen LogP contribution in [-0.4, -0.2) is 6.36 Å². The number of halogens is 4. The molecule has 0 amide bonds. The van der Waals surface area contributed by atoms with Gasteiger partial charge in [-0.2, -0.15) is 0 Å². The van der Waals surface area contributed by atoms with Crippen molar-refractivity contribution in [1.82, 2.24) is 0 Å². The van der Waals surface area contributed by atoms with E-state index in [-0.39, 0.29) is 18.2 Å². The highest BCUT2D eigenvalue weighted by atomic mass is 35.5. The van der Waals surface area contributed by atoms with Crippen molar-refractivity contribution in [2.75, 3.05) is 0 Å². The van der Waals surface area contributed by atoms with E-state index in [0.717, 1.165) is 0 Å². The summed E-state index contributed by atoms with van der Waals surface area (Å²) >= 11 is 0. The van der Waals surface area contributed by atoms with E-state index in [9.17, 15) is 13.2 Å². The Morgan fingerprint density at radius 3 is 2.28 bits per heavy atom. The first-order valence-corrected chi connectivity index (χ1v) is 5.40. The molecule has 104 valence electrons. The molecule has 0 unspecified atom stereocenters. The van der Waals surface area contributed by atoms with Gasteiger partial charge in [-0.1, -0.05) is 32.0 Å². The van der Waals surface area contributed by atoms with Crippen LogP contribution in [0.5, 0.6) is 5.75 Å². The molecule has 0 saturated heterocycles. The Morgan fingerprint density at radius 1 is 1.22 bits per heavy atom. The molecule has 6 heteroatoms. The SMILES string of the molecule is CC(C)C[C@H](N)c1ccccc1OC(F)(F)F.Cl. The molecule has 0 radical (unpaired) electrons. The number of rotatable bonds is 4. The first-order valence-electron chi connectivity index (χ1n) is 5.40. The van der Waals surface area contributed by atoms with Crippen LogP contribution >= 0.6 is 12.4 Å². The zero-order valence-corrected chi connectivity index (χ0v) is 11.0. The normalized spacial score (nSPS) is 13.1. The van der Waals surface area contributed by atoms with Gasteiger partial charge in [0.25, 0.3) is 0 Å². The maximum absolute atomic E-state index is 12.2. The lowest BCUT2D eigenvalue weighted by Crippen LogP contribution is -2.20. The van der Waals surface area contributed by atoms with Gasteiger partial charge >= 0.3 is 6.36 Å². The minimum Gasteiger partial charge on any atom is -0.405 e. The van der Waals surface area contributed by atoms with Crippen LogP contribution in [0.25, 0.3) is 0 Å². The van der Waals surface area contributed by atoms with Crippen molar-refractivity contribution in [2.24, 2.45) is 11.7 Å². The molecule has 0 bridgehead atoms. The van der Waals surface area contributed by atoms with Crippen LogP contribution < -0.4 is 10.5 Å². The van der Waals surface area contributed by atoms with E-state index in [1.54, 1.807) is 12.1 Å². The van der Waals surface area contributed by atoms with E-state index in [1.807, 2.05) is 13.8 Å². The van der Waals surface area contributed by atoms with Crippen LogP contribution in [0.4, 0.5) is 13.2 Å². The van der Waals surface area contributed by atoms with Gasteiger partial charge in [-0.3, -0.25) is 0 Å². The van der Waals surface area contributed by atoms with Gasteiger partial charge in [0.05, 0.1) is 0 Å². The standard InChI is InChI=1S/C12H16F3NO.ClH/c1-8(2)7-10(16)9-5-3-4-6-11(9)17-12(13,14)15;/h3-6,8,10H,7,16H2,1-2H3;1H/t10-;/m0./s1. The van der Waals surface area contributed by atoms with Gasteiger partial charge in [-0.15, -0.1) is 25.6 Å². The molecule has 1 rings (SSSR count). The van der Waals surface area contributed by atoms with Gasteiger partial charge in [0.15, 0.2) is 0 Å². The molecule has 0 saturated carbocycles. The minimum atomic E-state index is -4.69. The average molecular weight is 284 g/mol. The molecule has 1 atom stereocenters. The van der Waals surface area contributed by atoms with Crippen molar-refractivity contribution in [3.05, 3.63) is 29.8 Å². The summed E-state index contributed by atoms with van der Waals surface area (Å²) < 4.78 is 40.5. The summed E-state index contributed by atoms with van der Waals surface area (Å²) in [6.45, 7) is 3.93. The Kier molecular flexibility index (Phi) is 6.49. The number of hydrogen-bond donors (Lipinski definition) is 1. The van der Waals surface area contributed by atoms with E-state index in [2.05, 4.69) is 4.74 Å². The summed E-state index contributed by atoms with van der Waals surface area (Å²) in [4.78, 5) is 0. The van der Waals surface area contributed by atoms with Crippen molar-refractivity contribution in [1.29, 1.82) is 0 Å². The molecule has 2 nitrogen and oxygen atoms in total. The van der Waals surface area contributed by atoms with Crippen LogP contribution in [0.3, 0.4) is 0 Å². The van der Waals surface area contributed by atoms with Crippen LogP contribution in [-0.2, 0) is 0 Å². The Labute approximate surface area is 111 Å². The lowest BCUT2D eigenvalue weighted by atomic mass is 9.97. The first-order chi connectivity index (χ1) is 7.79. The topological polar surface area (TPSA) is 35.2 Å². The fourth-order valence-electron chi connectivity index (χ4n) is 1.64. The molecule has 0 aliphatic rings. The van der Waals surface area contributed by atoms with Crippen LogP contribution in [0, 0.1) is 5.92 Å². The second-order valence-corrected chi connectivity index (χ2v) is 4.32. The molecule has 18 heavy (non-hydrogen) atoms. The predicted molar refractivity (Wildman–Crippen MR) is 66.8 cm³/mol. The van der Waals surface area contributed by atoms with Crippen molar-refractivity contribution >= 4 is 12.4 Å². The highest BCUT2D eigenvalue weighted by Crippen LogP contribution is 2.31. The van der Waals surface area contributed by atoms with Gasteiger partial charge in [0.1, 0.15) is 5.75 Å². The number of para-hydroxylation sites is 1. The summed E-state index contributed by atoms with van der Waals surface area (Å²) in [5, 5.41) is 0. The van der Waals surface area contributed by atoms with Crippen molar-refractivity contribution in [3.63, 3.8) is 0 Å². The third-order valence-electron chi connectivity index (χ3n) is 2.27. The smallest absolute Gasteiger partial charge is 0.405 e. The van der Waals surface area contributed by atoms with Crippen LogP contribution in [0.1, 0.15) is 31.9 Å². The zero-order valence-electron chi connectivity index (χ0n) is 10.2. The molecule has 0 aliphatic carbocycles. The molecule has 0 spiro atoms. The first kappa shape index (κ1) is 17.1. The van der Waals surface area contributed by atoms with E-state index in [1.165, 1.54) is 12.1 Å². The van der Waals surface area contributed by atoms with E-state index in [0.29, 0.717) is 17.9 Å².